The van der Waals surface area contributed by atoms with Gasteiger partial charge in [0.1, 0.15) is 10.7 Å². The highest BCUT2D eigenvalue weighted by atomic mass is 35.5. The highest BCUT2D eigenvalue weighted by Crippen LogP contribution is 2.21. The van der Waals surface area contributed by atoms with Gasteiger partial charge < -0.3 is 11.1 Å². The predicted octanol–water partition coefficient (Wildman–Crippen LogP) is 2.02. The second-order valence-electron chi connectivity index (χ2n) is 3.60. The number of benzene rings is 1. The Morgan fingerprint density at radius 2 is 2.16 bits per heavy atom. The summed E-state index contributed by atoms with van der Waals surface area (Å²) >= 11 is 10.8. The van der Waals surface area contributed by atoms with Crippen LogP contribution in [0.5, 0.6) is 0 Å². The van der Waals surface area contributed by atoms with Gasteiger partial charge in [-0.15, -0.1) is 0 Å². The van der Waals surface area contributed by atoms with Crippen LogP contribution < -0.4 is 11.1 Å². The SMILES string of the molecule is NC(=S)c1ccc(Cl)cc1NC(=O)c1cnccn1. The first kappa shape index (κ1) is 13.4. The number of hydrogen-bond donors (Lipinski definition) is 2. The van der Waals surface area contributed by atoms with Crippen LogP contribution in [-0.2, 0) is 0 Å². The first-order valence-corrected chi connectivity index (χ1v) is 6.03. The molecule has 0 unspecified atom stereocenters. The molecule has 1 amide bonds. The van der Waals surface area contributed by atoms with Gasteiger partial charge in [0, 0.05) is 23.0 Å². The number of aromatic nitrogens is 2. The minimum Gasteiger partial charge on any atom is -0.389 e. The Balaban J connectivity index is 2.31. The number of anilines is 1. The van der Waals surface area contributed by atoms with E-state index in [4.69, 9.17) is 29.6 Å². The van der Waals surface area contributed by atoms with Crippen LogP contribution in [0.25, 0.3) is 0 Å². The van der Waals surface area contributed by atoms with Crippen molar-refractivity contribution in [2.24, 2.45) is 5.73 Å². The van der Waals surface area contributed by atoms with Gasteiger partial charge in [0.05, 0.1) is 11.9 Å². The lowest BCUT2D eigenvalue weighted by Gasteiger charge is -2.10. The summed E-state index contributed by atoms with van der Waals surface area (Å²) in [4.78, 5) is 19.9. The van der Waals surface area contributed by atoms with Crippen molar-refractivity contribution in [3.63, 3.8) is 0 Å². The van der Waals surface area contributed by atoms with Crippen molar-refractivity contribution in [1.82, 2.24) is 9.97 Å². The number of carbonyl (C=O) groups excluding carboxylic acids is 1. The molecule has 2 rings (SSSR count). The summed E-state index contributed by atoms with van der Waals surface area (Å²) in [6.07, 6.45) is 4.28. The maximum absolute atomic E-state index is 12.0. The molecular weight excluding hydrogens is 284 g/mol. The first-order valence-electron chi connectivity index (χ1n) is 5.24. The molecule has 1 aromatic carbocycles. The van der Waals surface area contributed by atoms with Crippen LogP contribution in [0.1, 0.15) is 16.1 Å². The molecule has 3 N–H and O–H groups in total. The van der Waals surface area contributed by atoms with Crippen molar-refractivity contribution in [3.05, 3.63) is 53.1 Å². The van der Waals surface area contributed by atoms with E-state index < -0.39 is 5.91 Å². The van der Waals surface area contributed by atoms with E-state index in [0.717, 1.165) is 0 Å². The fourth-order valence-electron chi connectivity index (χ4n) is 1.44. The number of rotatable bonds is 3. The average Bonchev–Trinajstić information content (AvgIpc) is 2.39. The van der Waals surface area contributed by atoms with E-state index in [1.807, 2.05) is 0 Å². The largest absolute Gasteiger partial charge is 0.389 e. The minimum absolute atomic E-state index is 0.172. The zero-order chi connectivity index (χ0) is 13.8. The molecule has 0 saturated carbocycles. The van der Waals surface area contributed by atoms with E-state index in [2.05, 4.69) is 15.3 Å². The fraction of sp³-hybridized carbons (Fsp3) is 0. The van der Waals surface area contributed by atoms with E-state index >= 15 is 0 Å². The monoisotopic (exact) mass is 292 g/mol. The molecule has 1 heterocycles. The van der Waals surface area contributed by atoms with Crippen LogP contribution in [0.4, 0.5) is 5.69 Å². The van der Waals surface area contributed by atoms with Gasteiger partial charge in [0.2, 0.25) is 0 Å². The van der Waals surface area contributed by atoms with Crippen molar-refractivity contribution in [3.8, 4) is 0 Å². The Morgan fingerprint density at radius 1 is 1.37 bits per heavy atom. The summed E-state index contributed by atoms with van der Waals surface area (Å²) in [7, 11) is 0. The van der Waals surface area contributed by atoms with Gasteiger partial charge in [-0.2, -0.15) is 0 Å². The van der Waals surface area contributed by atoms with Crippen LogP contribution >= 0.6 is 23.8 Å². The second kappa shape index (κ2) is 5.73. The van der Waals surface area contributed by atoms with Crippen molar-refractivity contribution in [2.45, 2.75) is 0 Å². The standard InChI is InChI=1S/C12H9ClN4OS/c13-7-1-2-8(11(14)19)9(5-7)17-12(18)10-6-15-3-4-16-10/h1-6H,(H2,14,19)(H,17,18). The summed E-state index contributed by atoms with van der Waals surface area (Å²) in [5.41, 5.74) is 6.76. The van der Waals surface area contributed by atoms with E-state index in [-0.39, 0.29) is 10.7 Å². The molecule has 5 nitrogen and oxygen atoms in total. The molecule has 0 saturated heterocycles. The van der Waals surface area contributed by atoms with Gasteiger partial charge in [-0.3, -0.25) is 9.78 Å². The third-order valence-electron chi connectivity index (χ3n) is 2.29. The summed E-state index contributed by atoms with van der Waals surface area (Å²) in [6.45, 7) is 0. The number of thiocarbonyl (C=S) groups is 1. The van der Waals surface area contributed by atoms with Crippen molar-refractivity contribution in [2.75, 3.05) is 5.32 Å². The molecule has 0 fully saturated rings. The summed E-state index contributed by atoms with van der Waals surface area (Å²) in [5.74, 6) is -0.409. The number of amides is 1. The molecule has 19 heavy (non-hydrogen) atoms. The number of nitrogens with two attached hydrogens (primary N) is 1. The Hall–Kier alpha value is -2.05. The average molecular weight is 293 g/mol. The van der Waals surface area contributed by atoms with Crippen molar-refractivity contribution < 1.29 is 4.79 Å². The number of halogens is 1. The molecule has 0 radical (unpaired) electrons. The molecule has 96 valence electrons. The van der Waals surface area contributed by atoms with Gasteiger partial charge in [-0.05, 0) is 18.2 Å². The molecule has 0 aliphatic heterocycles. The Labute approximate surface area is 119 Å². The van der Waals surface area contributed by atoms with E-state index in [1.165, 1.54) is 18.6 Å². The Bertz CT molecular complexity index is 633. The maximum atomic E-state index is 12.0. The predicted molar refractivity (Wildman–Crippen MR) is 77.3 cm³/mol. The van der Waals surface area contributed by atoms with Crippen LogP contribution in [0.2, 0.25) is 5.02 Å². The van der Waals surface area contributed by atoms with Crippen LogP contribution in [0.3, 0.4) is 0 Å². The third-order valence-corrected chi connectivity index (χ3v) is 2.75. The van der Waals surface area contributed by atoms with E-state index in [9.17, 15) is 4.79 Å². The molecule has 2 aromatic rings. The van der Waals surface area contributed by atoms with Gasteiger partial charge in [-0.25, -0.2) is 4.98 Å². The van der Waals surface area contributed by atoms with Gasteiger partial charge in [0.15, 0.2) is 0 Å². The molecular formula is C12H9ClN4OS. The third kappa shape index (κ3) is 3.24. The van der Waals surface area contributed by atoms with E-state index in [1.54, 1.807) is 18.2 Å². The smallest absolute Gasteiger partial charge is 0.275 e. The zero-order valence-corrected chi connectivity index (χ0v) is 11.2. The lowest BCUT2D eigenvalue weighted by molar-refractivity contribution is 0.102. The topological polar surface area (TPSA) is 80.9 Å². The van der Waals surface area contributed by atoms with Crippen LogP contribution in [-0.4, -0.2) is 20.9 Å². The lowest BCUT2D eigenvalue weighted by atomic mass is 10.1. The van der Waals surface area contributed by atoms with Crippen LogP contribution in [0.15, 0.2) is 36.8 Å². The number of carbonyl (C=O) groups is 1. The van der Waals surface area contributed by atoms with Gasteiger partial charge >= 0.3 is 0 Å². The molecule has 0 atom stereocenters. The molecule has 0 aliphatic rings. The summed E-state index contributed by atoms with van der Waals surface area (Å²) in [6, 6.07) is 4.87. The molecule has 7 heteroatoms. The normalized spacial score (nSPS) is 9.95. The zero-order valence-electron chi connectivity index (χ0n) is 9.63. The number of hydrogen-bond acceptors (Lipinski definition) is 4. The minimum atomic E-state index is -0.409. The van der Waals surface area contributed by atoms with Gasteiger partial charge in [0.25, 0.3) is 5.91 Å². The fourth-order valence-corrected chi connectivity index (χ4v) is 1.79. The van der Waals surface area contributed by atoms with Gasteiger partial charge in [-0.1, -0.05) is 23.8 Å². The Morgan fingerprint density at radius 3 is 2.79 bits per heavy atom. The molecule has 1 aromatic heterocycles. The van der Waals surface area contributed by atoms with Crippen molar-refractivity contribution >= 4 is 40.4 Å². The maximum Gasteiger partial charge on any atom is 0.275 e. The Kier molecular flexibility index (Phi) is 4.03. The number of nitrogens with one attached hydrogen (secondary N) is 1. The van der Waals surface area contributed by atoms with Crippen LogP contribution in [0, 0.1) is 0 Å². The highest BCUT2D eigenvalue weighted by molar-refractivity contribution is 7.80. The highest BCUT2D eigenvalue weighted by Gasteiger charge is 2.12. The summed E-state index contributed by atoms with van der Waals surface area (Å²) < 4.78 is 0. The lowest BCUT2D eigenvalue weighted by Crippen LogP contribution is -2.18. The first-order chi connectivity index (χ1) is 9.08. The summed E-state index contributed by atoms with van der Waals surface area (Å²) in [5, 5.41) is 3.12. The molecule has 0 bridgehead atoms. The number of nitrogens with zero attached hydrogens (tertiary/aromatic N) is 2. The second-order valence-corrected chi connectivity index (χ2v) is 4.48. The van der Waals surface area contributed by atoms with E-state index in [0.29, 0.717) is 16.3 Å². The van der Waals surface area contributed by atoms with Crippen molar-refractivity contribution in [1.29, 1.82) is 0 Å². The quantitative estimate of drug-likeness (QED) is 0.846. The molecule has 0 spiro atoms. The molecule has 0 aliphatic carbocycles.